The molecule has 0 spiro atoms. The van der Waals surface area contributed by atoms with Crippen LogP contribution in [0.25, 0.3) is 11.1 Å². The number of nitrogens with one attached hydrogen (secondary N) is 1. The molecule has 0 aromatic heterocycles. The first kappa shape index (κ1) is 15.5. The van der Waals surface area contributed by atoms with E-state index in [4.69, 9.17) is 11.6 Å². The molecule has 20 heavy (non-hydrogen) atoms. The highest BCUT2D eigenvalue weighted by Gasteiger charge is 2.12. The largest absolute Gasteiger partial charge is 0.310 e. The van der Waals surface area contributed by atoms with E-state index in [2.05, 4.69) is 35.1 Å². The van der Waals surface area contributed by atoms with Crippen molar-refractivity contribution in [2.45, 2.75) is 19.9 Å². The van der Waals surface area contributed by atoms with Crippen LogP contribution in [0.3, 0.4) is 0 Å². The number of rotatable bonds is 4. The smallest absolute Gasteiger partial charge is 0.131 e. The molecule has 2 aromatic carbocycles. The fraction of sp³-hybridized carbons (Fsp3) is 0.250. The van der Waals surface area contributed by atoms with Gasteiger partial charge in [-0.05, 0) is 48.9 Å². The minimum absolute atomic E-state index is 0.175. The Balaban J connectivity index is 2.40. The molecule has 0 radical (unpaired) electrons. The summed E-state index contributed by atoms with van der Waals surface area (Å²) in [4.78, 5) is 0. The predicted octanol–water partition coefficient (Wildman–Crippen LogP) is 5.58. The van der Waals surface area contributed by atoms with Gasteiger partial charge in [-0.15, -0.1) is 0 Å². The fourth-order valence-corrected chi connectivity index (χ4v) is 2.89. The second kappa shape index (κ2) is 6.70. The number of halogens is 3. The van der Waals surface area contributed by atoms with Crippen LogP contribution in [-0.2, 0) is 0 Å². The van der Waals surface area contributed by atoms with Crippen molar-refractivity contribution in [1.82, 2.24) is 5.32 Å². The molecule has 0 saturated heterocycles. The van der Waals surface area contributed by atoms with Crippen LogP contribution in [0.15, 0.2) is 40.9 Å². The van der Waals surface area contributed by atoms with Crippen molar-refractivity contribution < 1.29 is 4.39 Å². The van der Waals surface area contributed by atoms with Gasteiger partial charge in [-0.1, -0.05) is 46.6 Å². The molecule has 0 aliphatic rings. The summed E-state index contributed by atoms with van der Waals surface area (Å²) in [6, 6.07) is 10.7. The Hall–Kier alpha value is -0.900. The Labute approximate surface area is 132 Å². The van der Waals surface area contributed by atoms with Crippen LogP contribution in [0.5, 0.6) is 0 Å². The monoisotopic (exact) mass is 355 g/mol. The summed E-state index contributed by atoms with van der Waals surface area (Å²) in [7, 11) is 0. The highest BCUT2D eigenvalue weighted by Crippen LogP contribution is 2.31. The zero-order valence-corrected chi connectivity index (χ0v) is 13.7. The van der Waals surface area contributed by atoms with Crippen LogP contribution >= 0.6 is 27.5 Å². The topological polar surface area (TPSA) is 12.0 Å². The highest BCUT2D eigenvalue weighted by atomic mass is 79.9. The van der Waals surface area contributed by atoms with Crippen molar-refractivity contribution in [2.75, 3.05) is 6.54 Å². The maximum atomic E-state index is 13.9. The molecule has 0 aliphatic carbocycles. The van der Waals surface area contributed by atoms with E-state index in [1.165, 1.54) is 6.07 Å². The van der Waals surface area contributed by atoms with E-state index >= 15 is 0 Å². The molecule has 0 aliphatic heterocycles. The molecule has 2 rings (SSSR count). The summed E-state index contributed by atoms with van der Waals surface area (Å²) in [6.07, 6.45) is 0. The first-order chi connectivity index (χ1) is 9.52. The van der Waals surface area contributed by atoms with Crippen LogP contribution < -0.4 is 5.32 Å². The van der Waals surface area contributed by atoms with E-state index in [0.717, 1.165) is 22.1 Å². The zero-order valence-electron chi connectivity index (χ0n) is 11.4. The molecule has 0 saturated carbocycles. The first-order valence-electron chi connectivity index (χ1n) is 6.51. The van der Waals surface area contributed by atoms with Gasteiger partial charge >= 0.3 is 0 Å². The minimum atomic E-state index is -0.253. The second-order valence-electron chi connectivity index (χ2n) is 4.64. The van der Waals surface area contributed by atoms with Gasteiger partial charge in [-0.3, -0.25) is 0 Å². The van der Waals surface area contributed by atoms with Crippen LogP contribution in [0.1, 0.15) is 25.5 Å². The molecule has 1 unspecified atom stereocenters. The average molecular weight is 357 g/mol. The SMILES string of the molecule is CCNC(C)c1ccc(-c2cc(Br)ccc2F)cc1Cl. The quantitative estimate of drug-likeness (QED) is 0.754. The molecule has 0 fully saturated rings. The highest BCUT2D eigenvalue weighted by molar-refractivity contribution is 9.10. The summed E-state index contributed by atoms with van der Waals surface area (Å²) < 4.78 is 14.7. The summed E-state index contributed by atoms with van der Waals surface area (Å²) in [5.74, 6) is -0.253. The van der Waals surface area contributed by atoms with Gasteiger partial charge in [0.05, 0.1) is 0 Å². The van der Waals surface area contributed by atoms with E-state index in [-0.39, 0.29) is 11.9 Å². The summed E-state index contributed by atoms with van der Waals surface area (Å²) in [5, 5.41) is 3.96. The lowest BCUT2D eigenvalue weighted by Crippen LogP contribution is -2.17. The predicted molar refractivity (Wildman–Crippen MR) is 86.6 cm³/mol. The molecular weight excluding hydrogens is 341 g/mol. The van der Waals surface area contributed by atoms with Crippen molar-refractivity contribution in [3.63, 3.8) is 0 Å². The van der Waals surface area contributed by atoms with Gasteiger partial charge in [-0.2, -0.15) is 0 Å². The van der Waals surface area contributed by atoms with Crippen molar-refractivity contribution in [2.24, 2.45) is 0 Å². The number of benzene rings is 2. The van der Waals surface area contributed by atoms with Crippen molar-refractivity contribution in [1.29, 1.82) is 0 Å². The third-order valence-corrected chi connectivity index (χ3v) is 4.04. The molecule has 1 N–H and O–H groups in total. The van der Waals surface area contributed by atoms with Gasteiger partial charge < -0.3 is 5.32 Å². The van der Waals surface area contributed by atoms with Gasteiger partial charge in [0, 0.05) is 21.1 Å². The minimum Gasteiger partial charge on any atom is -0.310 e. The Kier molecular flexibility index (Phi) is 5.19. The van der Waals surface area contributed by atoms with Crippen LogP contribution in [0, 0.1) is 5.82 Å². The second-order valence-corrected chi connectivity index (χ2v) is 5.96. The normalized spacial score (nSPS) is 12.4. The summed E-state index contributed by atoms with van der Waals surface area (Å²) >= 11 is 9.69. The van der Waals surface area contributed by atoms with Crippen LogP contribution in [0.2, 0.25) is 5.02 Å². The molecule has 0 bridgehead atoms. The summed E-state index contributed by atoms with van der Waals surface area (Å²) in [6.45, 7) is 4.99. The first-order valence-corrected chi connectivity index (χ1v) is 7.68. The number of hydrogen-bond acceptors (Lipinski definition) is 1. The molecular formula is C16H16BrClFN. The molecule has 1 atom stereocenters. The van der Waals surface area contributed by atoms with Crippen LogP contribution in [-0.4, -0.2) is 6.54 Å². The molecule has 0 amide bonds. The molecule has 106 valence electrons. The Morgan fingerprint density at radius 1 is 1.25 bits per heavy atom. The van der Waals surface area contributed by atoms with E-state index < -0.39 is 0 Å². The van der Waals surface area contributed by atoms with Crippen molar-refractivity contribution in [3.05, 3.63) is 57.3 Å². The maximum absolute atomic E-state index is 13.9. The molecule has 1 nitrogen and oxygen atoms in total. The van der Waals surface area contributed by atoms with Gasteiger partial charge in [-0.25, -0.2) is 4.39 Å². The van der Waals surface area contributed by atoms with Gasteiger partial charge in [0.25, 0.3) is 0 Å². The molecule has 4 heteroatoms. The lowest BCUT2D eigenvalue weighted by Gasteiger charge is -2.15. The lowest BCUT2D eigenvalue weighted by molar-refractivity contribution is 0.598. The standard InChI is InChI=1S/C16H16BrClFN/c1-3-20-10(2)13-6-4-11(8-15(13)18)14-9-12(17)5-7-16(14)19/h4-10,20H,3H2,1-2H3. The van der Waals surface area contributed by atoms with Gasteiger partial charge in [0.15, 0.2) is 0 Å². The van der Waals surface area contributed by atoms with E-state index in [9.17, 15) is 4.39 Å². The fourth-order valence-electron chi connectivity index (χ4n) is 2.18. The average Bonchev–Trinajstić information content (AvgIpc) is 2.41. The van der Waals surface area contributed by atoms with Gasteiger partial charge in [0.1, 0.15) is 5.82 Å². The Bertz CT molecular complexity index is 615. The van der Waals surface area contributed by atoms with E-state index in [1.807, 2.05) is 18.2 Å². The third-order valence-electron chi connectivity index (χ3n) is 3.22. The Morgan fingerprint density at radius 2 is 2.00 bits per heavy atom. The Morgan fingerprint density at radius 3 is 2.65 bits per heavy atom. The maximum Gasteiger partial charge on any atom is 0.131 e. The van der Waals surface area contributed by atoms with E-state index in [0.29, 0.717) is 10.6 Å². The lowest BCUT2D eigenvalue weighted by atomic mass is 10.0. The van der Waals surface area contributed by atoms with Crippen molar-refractivity contribution in [3.8, 4) is 11.1 Å². The van der Waals surface area contributed by atoms with Crippen LogP contribution in [0.4, 0.5) is 4.39 Å². The summed E-state index contributed by atoms with van der Waals surface area (Å²) in [5.41, 5.74) is 2.35. The number of hydrogen-bond donors (Lipinski definition) is 1. The van der Waals surface area contributed by atoms with E-state index in [1.54, 1.807) is 12.1 Å². The van der Waals surface area contributed by atoms with Crippen molar-refractivity contribution >= 4 is 27.5 Å². The van der Waals surface area contributed by atoms with Gasteiger partial charge in [0.2, 0.25) is 0 Å². The zero-order chi connectivity index (χ0) is 14.7. The molecule has 2 aromatic rings. The third kappa shape index (κ3) is 3.40. The molecule has 0 heterocycles.